The molecule has 2 radical (unpaired) electrons. The first-order valence-electron chi connectivity index (χ1n) is 1.85. The molecule has 0 aliphatic rings. The highest BCUT2D eigenvalue weighted by atomic mass is 15.2. The van der Waals surface area contributed by atoms with Crippen LogP contribution in [0.3, 0.4) is 0 Å². The van der Waals surface area contributed by atoms with E-state index >= 15 is 0 Å². The average Bonchev–Trinajstić information content (AvgIpc) is 1.91. The Kier molecular flexibility index (Phi) is 0.783. The summed E-state index contributed by atoms with van der Waals surface area (Å²) in [7, 11) is 5.12. The lowest BCUT2D eigenvalue weighted by atomic mass is 10.4. The van der Waals surface area contributed by atoms with Gasteiger partial charge in [0.05, 0.1) is 0 Å². The highest BCUT2D eigenvalue weighted by molar-refractivity contribution is 6.07. The van der Waals surface area contributed by atoms with Crippen LogP contribution in [0.5, 0.6) is 0 Å². The Labute approximate surface area is 42.6 Å². The molecule has 34 valence electrons. The van der Waals surface area contributed by atoms with Gasteiger partial charge in [0.1, 0.15) is 5.82 Å². The summed E-state index contributed by atoms with van der Waals surface area (Å²) in [5.74, 6) is 0.472. The third-order valence-corrected chi connectivity index (χ3v) is 0.701. The molecule has 0 fully saturated rings. The van der Waals surface area contributed by atoms with Crippen molar-refractivity contribution in [3.63, 3.8) is 0 Å². The van der Waals surface area contributed by atoms with Crippen molar-refractivity contribution < 1.29 is 0 Å². The molecule has 7 heavy (non-hydrogen) atoms. The Morgan fingerprint density at radius 1 is 1.86 bits per heavy atom. The molecule has 0 unspecified atom stereocenters. The largest absolute Gasteiger partial charge is 0.385 e. The number of nitrogen functional groups attached to an aromatic ring is 1. The zero-order valence-corrected chi connectivity index (χ0v) is 3.70. The number of hydrogen-bond donors (Lipinski definition) is 1. The fraction of sp³-hybridized carbons (Fsp3) is 0. The average molecular weight is 92.9 g/mol. The topological polar surface area (TPSA) is 43.8 Å². The van der Waals surface area contributed by atoms with Gasteiger partial charge in [0.15, 0.2) is 0 Å². The summed E-state index contributed by atoms with van der Waals surface area (Å²) in [4.78, 5) is 0. The zero-order valence-electron chi connectivity index (χ0n) is 3.70. The number of hydrogen-bond acceptors (Lipinski definition) is 2. The van der Waals surface area contributed by atoms with Crippen molar-refractivity contribution in [3.05, 3.63) is 12.3 Å². The van der Waals surface area contributed by atoms with E-state index in [0.717, 1.165) is 4.59 Å². The van der Waals surface area contributed by atoms with Gasteiger partial charge in [-0.1, -0.05) is 0 Å². The molecule has 0 spiro atoms. The van der Waals surface area contributed by atoms with E-state index in [0.29, 0.717) is 5.82 Å². The zero-order chi connectivity index (χ0) is 5.28. The second-order valence-corrected chi connectivity index (χ2v) is 1.20. The summed E-state index contributed by atoms with van der Waals surface area (Å²) >= 11 is 0. The van der Waals surface area contributed by atoms with E-state index in [-0.39, 0.29) is 0 Å². The Balaban J connectivity index is 3.12. The first-order valence-corrected chi connectivity index (χ1v) is 1.85. The number of anilines is 1. The molecule has 1 aromatic rings. The van der Waals surface area contributed by atoms with Gasteiger partial charge in [0.25, 0.3) is 7.98 Å². The summed E-state index contributed by atoms with van der Waals surface area (Å²) in [6.45, 7) is 0. The van der Waals surface area contributed by atoms with Crippen LogP contribution in [0.15, 0.2) is 12.3 Å². The van der Waals surface area contributed by atoms with Crippen molar-refractivity contribution in [1.29, 1.82) is 0 Å². The second-order valence-electron chi connectivity index (χ2n) is 1.20. The lowest BCUT2D eigenvalue weighted by molar-refractivity contribution is 1.00. The van der Waals surface area contributed by atoms with E-state index in [1.165, 1.54) is 6.20 Å². The lowest BCUT2D eigenvalue weighted by Crippen LogP contribution is -1.98. The minimum absolute atomic E-state index is 0.472. The molecule has 0 saturated carbocycles. The van der Waals surface area contributed by atoms with Crippen molar-refractivity contribution in [2.75, 3.05) is 5.73 Å². The molecule has 0 aromatic carbocycles. The molecular formula is C3H4BN3. The molecule has 0 aliphatic carbocycles. The molecule has 1 heterocycles. The van der Waals surface area contributed by atoms with Gasteiger partial charge in [-0.3, -0.25) is 0 Å². The van der Waals surface area contributed by atoms with Crippen LogP contribution in [0.25, 0.3) is 0 Å². The number of aromatic nitrogens is 2. The van der Waals surface area contributed by atoms with Crippen molar-refractivity contribution in [2.24, 2.45) is 0 Å². The third kappa shape index (κ3) is 0.583. The number of nitrogens with zero attached hydrogens (tertiary/aromatic N) is 2. The van der Waals surface area contributed by atoms with Gasteiger partial charge in [0.2, 0.25) is 0 Å². The van der Waals surface area contributed by atoms with Crippen LogP contribution in [0, 0.1) is 0 Å². The molecule has 0 bridgehead atoms. The fourth-order valence-electron chi connectivity index (χ4n) is 0.325. The molecule has 0 saturated heterocycles. The quantitative estimate of drug-likeness (QED) is 0.435. The summed E-state index contributed by atoms with van der Waals surface area (Å²) in [6, 6.07) is 1.62. The third-order valence-electron chi connectivity index (χ3n) is 0.701. The highest BCUT2D eigenvalue weighted by Crippen LogP contribution is 1.92. The molecular weight excluding hydrogens is 88.9 g/mol. The Morgan fingerprint density at radius 3 is 2.71 bits per heavy atom. The van der Waals surface area contributed by atoms with Crippen LogP contribution < -0.4 is 5.73 Å². The Bertz CT molecular complexity index is 142. The summed E-state index contributed by atoms with van der Waals surface area (Å²) < 4.78 is 1.11. The fourth-order valence-corrected chi connectivity index (χ4v) is 0.325. The summed E-state index contributed by atoms with van der Waals surface area (Å²) in [5.41, 5.74) is 5.22. The molecule has 1 aromatic heterocycles. The van der Waals surface area contributed by atoms with Gasteiger partial charge in [-0.25, -0.2) is 0 Å². The Morgan fingerprint density at radius 2 is 2.57 bits per heavy atom. The van der Waals surface area contributed by atoms with Gasteiger partial charge >= 0.3 is 0 Å². The van der Waals surface area contributed by atoms with Crippen LogP contribution >= 0.6 is 0 Å². The maximum absolute atomic E-state index is 5.22. The molecule has 0 atom stereocenters. The standard InChI is InChI=1S/C3H4BN3/c4-7-3(5)1-2-6-7/h1-2H,5H2. The van der Waals surface area contributed by atoms with Crippen LogP contribution in [0.4, 0.5) is 5.82 Å². The van der Waals surface area contributed by atoms with Gasteiger partial charge < -0.3 is 10.3 Å². The van der Waals surface area contributed by atoms with Crippen molar-refractivity contribution in [3.8, 4) is 0 Å². The van der Waals surface area contributed by atoms with Crippen LogP contribution in [-0.2, 0) is 0 Å². The van der Waals surface area contributed by atoms with E-state index < -0.39 is 0 Å². The van der Waals surface area contributed by atoms with E-state index in [1.54, 1.807) is 6.07 Å². The number of rotatable bonds is 0. The van der Waals surface area contributed by atoms with Crippen molar-refractivity contribution in [2.45, 2.75) is 0 Å². The smallest absolute Gasteiger partial charge is 0.266 e. The maximum Gasteiger partial charge on any atom is 0.266 e. The summed E-state index contributed by atoms with van der Waals surface area (Å²) in [5, 5.41) is 3.59. The minimum atomic E-state index is 0.472. The molecule has 0 aliphatic heterocycles. The van der Waals surface area contributed by atoms with E-state index in [1.807, 2.05) is 0 Å². The van der Waals surface area contributed by atoms with Crippen molar-refractivity contribution >= 4 is 13.8 Å². The molecule has 2 N–H and O–H groups in total. The van der Waals surface area contributed by atoms with Crippen LogP contribution in [-0.4, -0.2) is 17.7 Å². The van der Waals surface area contributed by atoms with Crippen molar-refractivity contribution in [1.82, 2.24) is 9.69 Å². The van der Waals surface area contributed by atoms with Gasteiger partial charge in [-0.2, -0.15) is 5.10 Å². The second kappa shape index (κ2) is 1.29. The van der Waals surface area contributed by atoms with Crippen LogP contribution in [0.1, 0.15) is 0 Å². The summed E-state index contributed by atoms with van der Waals surface area (Å²) in [6.07, 6.45) is 1.54. The number of nitrogens with two attached hydrogens (primary N) is 1. The highest BCUT2D eigenvalue weighted by Gasteiger charge is 1.84. The molecule has 0 amide bonds. The predicted molar refractivity (Wildman–Crippen MR) is 27.8 cm³/mol. The lowest BCUT2D eigenvalue weighted by Gasteiger charge is -1.88. The molecule has 4 heteroatoms. The first-order chi connectivity index (χ1) is 3.30. The van der Waals surface area contributed by atoms with E-state index in [4.69, 9.17) is 13.7 Å². The maximum atomic E-state index is 5.22. The predicted octanol–water partition coefficient (Wildman–Crippen LogP) is -0.603. The van der Waals surface area contributed by atoms with Gasteiger partial charge in [-0.15, -0.1) is 0 Å². The van der Waals surface area contributed by atoms with Gasteiger partial charge in [0, 0.05) is 6.20 Å². The monoisotopic (exact) mass is 93.0 g/mol. The normalized spacial score (nSPS) is 9.14. The minimum Gasteiger partial charge on any atom is -0.385 e. The van der Waals surface area contributed by atoms with Crippen LogP contribution in [0.2, 0.25) is 0 Å². The van der Waals surface area contributed by atoms with E-state index in [9.17, 15) is 0 Å². The molecule has 3 nitrogen and oxygen atoms in total. The first kappa shape index (κ1) is 4.24. The SMILES string of the molecule is [B]n1nccc1N. The molecule has 1 rings (SSSR count). The van der Waals surface area contributed by atoms with Gasteiger partial charge in [-0.05, 0) is 6.07 Å². The van der Waals surface area contributed by atoms with E-state index in [2.05, 4.69) is 5.10 Å². The Hall–Kier alpha value is -0.925.